The lowest BCUT2D eigenvalue weighted by atomic mass is 10.6. The number of aromatic nitrogens is 2. The van der Waals surface area contributed by atoms with E-state index in [1.165, 1.54) is 0 Å². The normalized spacial score (nSPS) is 9.36. The molecule has 1 heterocycles. The van der Waals surface area contributed by atoms with Crippen molar-refractivity contribution in [2.45, 2.75) is 0 Å². The molecule has 1 radical (unpaired) electrons. The zero-order valence-electron chi connectivity index (χ0n) is 6.89. The fourth-order valence-electron chi connectivity index (χ4n) is 0.783. The Morgan fingerprint density at radius 3 is 2.36 bits per heavy atom. The molecule has 0 fully saturated rings. The molecule has 0 saturated carbocycles. The third-order valence-electron chi connectivity index (χ3n) is 1.33. The van der Waals surface area contributed by atoms with Gasteiger partial charge in [0.2, 0.25) is 0 Å². The first kappa shape index (κ1) is 7.71. The summed E-state index contributed by atoms with van der Waals surface area (Å²) in [6, 6.07) is 3.00. The van der Waals surface area contributed by atoms with E-state index in [-0.39, 0.29) is 0 Å². The van der Waals surface area contributed by atoms with Gasteiger partial charge in [-0.2, -0.15) is 4.79 Å². The summed E-state index contributed by atoms with van der Waals surface area (Å²) in [5, 5.41) is 9.93. The highest BCUT2D eigenvalue weighted by Crippen LogP contribution is 2.09. The van der Waals surface area contributed by atoms with Crippen LogP contribution in [0.15, 0.2) is 0 Å². The lowest BCUT2D eigenvalue weighted by molar-refractivity contribution is 0.791. The Balaban J connectivity index is 2.92. The van der Waals surface area contributed by atoms with Crippen LogP contribution in [0.2, 0.25) is 0 Å². The monoisotopic (exact) mass is 154 g/mol. The van der Waals surface area contributed by atoms with Crippen molar-refractivity contribution in [2.75, 3.05) is 37.2 Å². The van der Waals surface area contributed by atoms with Crippen LogP contribution in [0.3, 0.4) is 0 Å². The minimum absolute atomic E-state index is 0.712. The Hall–Kier alpha value is -1.39. The molecule has 11 heavy (non-hydrogen) atoms. The fraction of sp³-hybridized carbons (Fsp3) is 0.500. The number of rotatable bonds is 3. The van der Waals surface area contributed by atoms with Gasteiger partial charge in [-0.25, -0.2) is 0 Å². The zero-order chi connectivity index (χ0) is 8.27. The topological polar surface area (TPSA) is 53.9 Å². The third-order valence-corrected chi connectivity index (χ3v) is 1.33. The van der Waals surface area contributed by atoms with Crippen molar-refractivity contribution in [1.29, 1.82) is 0 Å². The summed E-state index contributed by atoms with van der Waals surface area (Å²) < 4.78 is 0. The summed E-state index contributed by atoms with van der Waals surface area (Å²) in [7, 11) is 5.42. The van der Waals surface area contributed by atoms with Gasteiger partial charge < -0.3 is 16.1 Å². The minimum atomic E-state index is 0.712. The predicted octanol–water partition coefficient (Wildman–Crippen LogP) is -0.0600. The summed E-state index contributed by atoms with van der Waals surface area (Å²) in [5.41, 5.74) is 2.87. The van der Waals surface area contributed by atoms with E-state index in [2.05, 4.69) is 27.2 Å². The van der Waals surface area contributed by atoms with E-state index in [1.54, 1.807) is 18.9 Å². The van der Waals surface area contributed by atoms with Crippen molar-refractivity contribution in [2.24, 2.45) is 0 Å². The van der Waals surface area contributed by atoms with Crippen molar-refractivity contribution >= 4 is 11.6 Å². The molecule has 5 heteroatoms. The molecule has 1 aromatic rings. The molecule has 0 atom stereocenters. The Morgan fingerprint density at radius 1 is 1.27 bits per heavy atom. The van der Waals surface area contributed by atoms with Gasteiger partial charge in [0, 0.05) is 21.1 Å². The van der Waals surface area contributed by atoms with Crippen molar-refractivity contribution < 1.29 is 0 Å². The van der Waals surface area contributed by atoms with Gasteiger partial charge in [0.05, 0.1) is 6.07 Å². The summed E-state index contributed by atoms with van der Waals surface area (Å²) >= 11 is 0. The Kier molecular flexibility index (Phi) is 2.20. The van der Waals surface area contributed by atoms with Gasteiger partial charge in [-0.15, -0.1) is 5.10 Å². The molecule has 0 aliphatic carbocycles. The van der Waals surface area contributed by atoms with Gasteiger partial charge in [-0.05, 0) is 0 Å². The predicted molar refractivity (Wildman–Crippen MR) is 45.4 cm³/mol. The highest BCUT2D eigenvalue weighted by atomic mass is 15.6. The van der Waals surface area contributed by atoms with Crippen LogP contribution in [0, 0.1) is 6.07 Å². The lowest BCUT2D eigenvalue weighted by Gasteiger charge is -2.02. The third kappa shape index (κ3) is 1.36. The molecule has 0 aliphatic rings. The second kappa shape index (κ2) is 3.14. The number of nitrogens with one attached hydrogen (secondary N) is 3. The largest absolute Gasteiger partial charge is 0.371 e. The van der Waals surface area contributed by atoms with Crippen LogP contribution >= 0.6 is 0 Å². The molecule has 0 bridgehead atoms. The Labute approximate surface area is 65.8 Å². The van der Waals surface area contributed by atoms with E-state index in [4.69, 9.17) is 0 Å². The summed E-state index contributed by atoms with van der Waals surface area (Å²) in [6.07, 6.45) is 0. The molecule has 0 saturated heterocycles. The molecule has 0 unspecified atom stereocenters. The molecular formula is C6H12N5. The molecule has 5 nitrogen and oxygen atoms in total. The van der Waals surface area contributed by atoms with Gasteiger partial charge in [0.1, 0.15) is 0 Å². The first-order valence-electron chi connectivity index (χ1n) is 3.37. The highest BCUT2D eigenvalue weighted by Gasteiger charge is 2.02. The number of anilines is 2. The minimum Gasteiger partial charge on any atom is -0.371 e. The van der Waals surface area contributed by atoms with Crippen LogP contribution in [0.25, 0.3) is 0 Å². The standard InChI is InChI=1S/C6H12N5/c1-7-5-4-6(8-2)11(9-3)10-5/h8-9H,1-3H3,(H,7,10). The van der Waals surface area contributed by atoms with Gasteiger partial charge in [0.25, 0.3) is 0 Å². The lowest BCUT2D eigenvalue weighted by Crippen LogP contribution is -2.13. The zero-order valence-corrected chi connectivity index (χ0v) is 6.89. The maximum absolute atomic E-state index is 4.09. The van der Waals surface area contributed by atoms with E-state index in [0.717, 1.165) is 5.82 Å². The first-order chi connectivity index (χ1) is 5.31. The molecule has 0 aliphatic heterocycles. The Bertz CT molecular complexity index is 207. The molecule has 0 amide bonds. The van der Waals surface area contributed by atoms with Crippen molar-refractivity contribution in [1.82, 2.24) is 9.89 Å². The van der Waals surface area contributed by atoms with Crippen molar-refractivity contribution in [3.8, 4) is 0 Å². The average Bonchev–Trinajstić information content (AvgIpc) is 2.46. The van der Waals surface area contributed by atoms with Crippen molar-refractivity contribution in [3.05, 3.63) is 6.07 Å². The summed E-state index contributed by atoms with van der Waals surface area (Å²) in [5.74, 6) is 1.51. The van der Waals surface area contributed by atoms with E-state index in [0.29, 0.717) is 5.82 Å². The van der Waals surface area contributed by atoms with Gasteiger partial charge >= 0.3 is 0 Å². The fourth-order valence-corrected chi connectivity index (χ4v) is 0.783. The van der Waals surface area contributed by atoms with E-state index >= 15 is 0 Å². The molecule has 61 valence electrons. The van der Waals surface area contributed by atoms with Crippen LogP contribution in [0.4, 0.5) is 11.6 Å². The molecule has 0 aromatic carbocycles. The molecule has 0 spiro atoms. The summed E-state index contributed by atoms with van der Waals surface area (Å²) in [6.45, 7) is 0. The second-order valence-corrected chi connectivity index (χ2v) is 1.96. The van der Waals surface area contributed by atoms with Crippen LogP contribution < -0.4 is 16.1 Å². The van der Waals surface area contributed by atoms with Crippen LogP contribution in [-0.2, 0) is 0 Å². The number of nitrogens with zero attached hydrogens (tertiary/aromatic N) is 2. The van der Waals surface area contributed by atoms with Crippen molar-refractivity contribution in [3.63, 3.8) is 0 Å². The van der Waals surface area contributed by atoms with Gasteiger partial charge in [-0.3, -0.25) is 0 Å². The van der Waals surface area contributed by atoms with Crippen LogP contribution in [0.1, 0.15) is 0 Å². The van der Waals surface area contributed by atoms with Crippen LogP contribution in [0.5, 0.6) is 0 Å². The van der Waals surface area contributed by atoms with E-state index in [1.807, 2.05) is 7.05 Å². The molecule has 3 N–H and O–H groups in total. The average molecular weight is 154 g/mol. The highest BCUT2D eigenvalue weighted by molar-refractivity contribution is 5.46. The van der Waals surface area contributed by atoms with Gasteiger partial charge in [-0.1, -0.05) is 0 Å². The van der Waals surface area contributed by atoms with E-state index < -0.39 is 0 Å². The SMILES string of the molecule is CNc1[c]c(NC)n(NC)n1. The quantitative estimate of drug-likeness (QED) is 0.571. The smallest absolute Gasteiger partial charge is 0.160 e. The maximum atomic E-state index is 4.09. The van der Waals surface area contributed by atoms with Crippen LogP contribution in [-0.4, -0.2) is 31.0 Å². The number of hydrogen-bond acceptors (Lipinski definition) is 4. The molecule has 1 aromatic heterocycles. The molecule has 1 rings (SSSR count). The first-order valence-corrected chi connectivity index (χ1v) is 3.37. The second-order valence-electron chi connectivity index (χ2n) is 1.96. The molecular weight excluding hydrogens is 142 g/mol. The Morgan fingerprint density at radius 2 is 2.00 bits per heavy atom. The van der Waals surface area contributed by atoms with Gasteiger partial charge in [0.15, 0.2) is 11.6 Å². The number of hydrogen-bond donors (Lipinski definition) is 3. The maximum Gasteiger partial charge on any atom is 0.160 e. The summed E-state index contributed by atoms with van der Waals surface area (Å²) in [4.78, 5) is 1.60. The van der Waals surface area contributed by atoms with E-state index in [9.17, 15) is 0 Å².